The topological polar surface area (TPSA) is 71.1 Å². The maximum absolute atomic E-state index is 13.2. The lowest BCUT2D eigenvalue weighted by atomic mass is 10.1. The van der Waals surface area contributed by atoms with Gasteiger partial charge in [-0.25, -0.2) is 0 Å². The number of carbonyl (C=O) groups is 2. The highest BCUT2D eigenvalue weighted by molar-refractivity contribution is 7.80. The average Bonchev–Trinajstić information content (AvgIpc) is 3.35. The normalized spacial score (nSPS) is 16.0. The molecule has 1 N–H and O–H groups in total. The fraction of sp³-hybridized carbons (Fsp3) is 0.409. The predicted octanol–water partition coefficient (Wildman–Crippen LogP) is 2.83. The smallest absolute Gasteiger partial charge is 0.252 e. The van der Waals surface area contributed by atoms with Crippen molar-refractivity contribution in [3.63, 3.8) is 0 Å². The summed E-state index contributed by atoms with van der Waals surface area (Å²) in [6.07, 6.45) is 0.728. The van der Waals surface area contributed by atoms with Gasteiger partial charge in [0, 0.05) is 18.0 Å². The zero-order valence-electron chi connectivity index (χ0n) is 17.9. The molecule has 0 bridgehead atoms. The molecule has 1 saturated heterocycles. The lowest BCUT2D eigenvalue weighted by Crippen LogP contribution is -2.40. The van der Waals surface area contributed by atoms with Crippen molar-refractivity contribution >= 4 is 40.5 Å². The second-order valence-corrected chi connectivity index (χ2v) is 8.49. The van der Waals surface area contributed by atoms with E-state index in [4.69, 9.17) is 21.7 Å². The van der Waals surface area contributed by atoms with Crippen LogP contribution < -0.4 is 14.8 Å². The van der Waals surface area contributed by atoms with E-state index in [0.29, 0.717) is 42.7 Å². The third kappa shape index (κ3) is 5.34. The van der Waals surface area contributed by atoms with Gasteiger partial charge in [-0.1, -0.05) is 12.1 Å². The minimum Gasteiger partial charge on any atom is -0.493 e. The zero-order chi connectivity index (χ0) is 22.4. The van der Waals surface area contributed by atoms with Crippen molar-refractivity contribution in [1.82, 2.24) is 15.1 Å². The van der Waals surface area contributed by atoms with Gasteiger partial charge in [-0.15, -0.1) is 11.3 Å². The van der Waals surface area contributed by atoms with Crippen LogP contribution >= 0.6 is 23.6 Å². The SMILES string of the molecule is CCNC(=O)C[C@H]1C(=O)N(Cc2cccs2)C(=S)N1CCc1ccc(OC)c(OC)c1. The second-order valence-electron chi connectivity index (χ2n) is 7.09. The Morgan fingerprint density at radius 1 is 1.23 bits per heavy atom. The van der Waals surface area contributed by atoms with Gasteiger partial charge in [0.05, 0.1) is 27.2 Å². The number of thiocarbonyl (C=S) groups is 1. The van der Waals surface area contributed by atoms with Gasteiger partial charge in [0.2, 0.25) is 5.91 Å². The summed E-state index contributed by atoms with van der Waals surface area (Å²) < 4.78 is 10.7. The van der Waals surface area contributed by atoms with Gasteiger partial charge in [-0.2, -0.15) is 0 Å². The number of nitrogens with zero attached hydrogens (tertiary/aromatic N) is 2. The van der Waals surface area contributed by atoms with Crippen molar-refractivity contribution in [3.8, 4) is 11.5 Å². The number of thiophene rings is 1. The third-order valence-corrected chi connectivity index (χ3v) is 6.46. The first-order valence-electron chi connectivity index (χ1n) is 10.1. The lowest BCUT2D eigenvalue weighted by Gasteiger charge is -2.24. The van der Waals surface area contributed by atoms with E-state index in [2.05, 4.69) is 5.32 Å². The number of hydrogen-bond acceptors (Lipinski definition) is 6. The summed E-state index contributed by atoms with van der Waals surface area (Å²) in [6, 6.07) is 9.07. The largest absolute Gasteiger partial charge is 0.493 e. The molecule has 0 unspecified atom stereocenters. The van der Waals surface area contributed by atoms with E-state index in [0.717, 1.165) is 10.4 Å². The maximum Gasteiger partial charge on any atom is 0.252 e. The molecule has 0 spiro atoms. The number of carbonyl (C=O) groups excluding carboxylic acids is 2. The van der Waals surface area contributed by atoms with Crippen molar-refractivity contribution in [2.45, 2.75) is 32.4 Å². The molecule has 166 valence electrons. The molecule has 2 aromatic rings. The maximum atomic E-state index is 13.2. The molecule has 9 heteroatoms. The van der Waals surface area contributed by atoms with Crippen LogP contribution in [-0.4, -0.2) is 60.1 Å². The molecule has 7 nitrogen and oxygen atoms in total. The van der Waals surface area contributed by atoms with E-state index in [1.807, 2.05) is 47.5 Å². The van der Waals surface area contributed by atoms with Crippen LogP contribution in [0.15, 0.2) is 35.7 Å². The second kappa shape index (κ2) is 10.6. The van der Waals surface area contributed by atoms with Crippen LogP contribution in [0.5, 0.6) is 11.5 Å². The quantitative estimate of drug-likeness (QED) is 0.549. The van der Waals surface area contributed by atoms with Gasteiger partial charge >= 0.3 is 0 Å². The van der Waals surface area contributed by atoms with E-state index < -0.39 is 6.04 Å². The molecule has 31 heavy (non-hydrogen) atoms. The first-order chi connectivity index (χ1) is 15.0. The van der Waals surface area contributed by atoms with Crippen LogP contribution in [-0.2, 0) is 22.6 Å². The number of benzene rings is 1. The fourth-order valence-electron chi connectivity index (χ4n) is 3.58. The summed E-state index contributed by atoms with van der Waals surface area (Å²) in [7, 11) is 3.20. The highest BCUT2D eigenvalue weighted by Gasteiger charge is 2.43. The number of hydrogen-bond donors (Lipinski definition) is 1. The molecule has 1 atom stereocenters. The van der Waals surface area contributed by atoms with Crippen LogP contribution in [0.1, 0.15) is 23.8 Å². The summed E-state index contributed by atoms with van der Waals surface area (Å²) >= 11 is 7.25. The molecule has 1 aliphatic heterocycles. The molecule has 1 fully saturated rings. The number of methoxy groups -OCH3 is 2. The molecular weight excluding hydrogens is 434 g/mol. The van der Waals surface area contributed by atoms with Gasteiger partial charge in [-0.3, -0.25) is 14.5 Å². The summed E-state index contributed by atoms with van der Waals surface area (Å²) in [5, 5.41) is 5.22. The van der Waals surface area contributed by atoms with Gasteiger partial charge < -0.3 is 19.7 Å². The van der Waals surface area contributed by atoms with E-state index >= 15 is 0 Å². The standard InChI is InChI=1S/C22H27N3O4S2/c1-4-23-20(26)13-17-21(27)25(14-16-6-5-11-31-16)22(30)24(17)10-9-15-7-8-18(28-2)19(12-15)29-3/h5-8,11-12,17H,4,9-10,13-14H2,1-3H3,(H,23,26)/t17-/m0/s1. The Labute approximate surface area is 191 Å². The fourth-order valence-corrected chi connectivity index (χ4v) is 4.65. The number of amides is 2. The minimum absolute atomic E-state index is 0.0830. The Hall–Kier alpha value is -2.65. The van der Waals surface area contributed by atoms with Crippen molar-refractivity contribution in [2.75, 3.05) is 27.3 Å². The Bertz CT molecular complexity index is 933. The van der Waals surface area contributed by atoms with Crippen molar-refractivity contribution in [2.24, 2.45) is 0 Å². The molecule has 2 amide bonds. The monoisotopic (exact) mass is 461 g/mol. The Kier molecular flexibility index (Phi) is 7.86. The van der Waals surface area contributed by atoms with Crippen LogP contribution in [0, 0.1) is 0 Å². The predicted molar refractivity (Wildman–Crippen MR) is 125 cm³/mol. The molecular formula is C22H27N3O4S2. The van der Waals surface area contributed by atoms with Crippen molar-refractivity contribution < 1.29 is 19.1 Å². The van der Waals surface area contributed by atoms with Crippen molar-refractivity contribution in [1.29, 1.82) is 0 Å². The van der Waals surface area contributed by atoms with Gasteiger partial charge in [0.25, 0.3) is 5.91 Å². The summed E-state index contributed by atoms with van der Waals surface area (Å²) in [5.41, 5.74) is 1.03. The Balaban J connectivity index is 1.77. The van der Waals surface area contributed by atoms with Gasteiger partial charge in [0.15, 0.2) is 16.6 Å². The summed E-state index contributed by atoms with van der Waals surface area (Å²) in [5.74, 6) is 1.03. The van der Waals surface area contributed by atoms with Crippen molar-refractivity contribution in [3.05, 3.63) is 46.2 Å². The van der Waals surface area contributed by atoms with Crippen LogP contribution in [0.3, 0.4) is 0 Å². The molecule has 3 rings (SSSR count). The Morgan fingerprint density at radius 2 is 2.00 bits per heavy atom. The van der Waals surface area contributed by atoms with Crippen LogP contribution in [0.25, 0.3) is 0 Å². The zero-order valence-corrected chi connectivity index (χ0v) is 19.6. The highest BCUT2D eigenvalue weighted by Crippen LogP contribution is 2.29. The molecule has 2 heterocycles. The molecule has 0 aliphatic carbocycles. The van der Waals surface area contributed by atoms with E-state index in [-0.39, 0.29) is 18.2 Å². The van der Waals surface area contributed by atoms with E-state index in [9.17, 15) is 9.59 Å². The molecule has 0 saturated carbocycles. The molecule has 1 aliphatic rings. The number of ether oxygens (including phenoxy) is 2. The number of nitrogens with one attached hydrogen (secondary N) is 1. The van der Waals surface area contributed by atoms with Gasteiger partial charge in [-0.05, 0) is 54.7 Å². The molecule has 1 aromatic carbocycles. The Morgan fingerprint density at radius 3 is 2.65 bits per heavy atom. The van der Waals surface area contributed by atoms with Gasteiger partial charge in [0.1, 0.15) is 6.04 Å². The van der Waals surface area contributed by atoms with E-state index in [1.54, 1.807) is 30.5 Å². The first kappa shape index (κ1) is 23.0. The van der Waals surface area contributed by atoms with Crippen LogP contribution in [0.4, 0.5) is 0 Å². The average molecular weight is 462 g/mol. The first-order valence-corrected chi connectivity index (χ1v) is 11.4. The molecule has 1 aromatic heterocycles. The summed E-state index contributed by atoms with van der Waals surface area (Å²) in [4.78, 5) is 30.0. The van der Waals surface area contributed by atoms with E-state index in [1.165, 1.54) is 0 Å². The third-order valence-electron chi connectivity index (χ3n) is 5.14. The lowest BCUT2D eigenvalue weighted by molar-refractivity contribution is -0.132. The number of rotatable bonds is 10. The van der Waals surface area contributed by atoms with Crippen LogP contribution in [0.2, 0.25) is 0 Å². The summed E-state index contributed by atoms with van der Waals surface area (Å²) in [6.45, 7) is 3.32. The minimum atomic E-state index is -0.598. The highest BCUT2D eigenvalue weighted by atomic mass is 32.1. The molecule has 0 radical (unpaired) electrons.